The molecular weight excluding hydrogens is 254 g/mol. The molecule has 1 aromatic rings. The molecule has 0 nitrogen and oxygen atoms in total. The molecule has 1 aliphatic carbocycles. The van der Waals surface area contributed by atoms with Crippen molar-refractivity contribution < 1.29 is 8.78 Å². The van der Waals surface area contributed by atoms with Crippen molar-refractivity contribution in [2.45, 2.75) is 70.6 Å². The Morgan fingerprint density at radius 2 is 1.75 bits per heavy atom. The van der Waals surface area contributed by atoms with Gasteiger partial charge in [-0.1, -0.05) is 51.2 Å². The molecule has 1 fully saturated rings. The van der Waals surface area contributed by atoms with E-state index in [1.54, 1.807) is 12.1 Å². The lowest BCUT2D eigenvalue weighted by molar-refractivity contribution is 0.297. The predicted molar refractivity (Wildman–Crippen MR) is 79.8 cm³/mol. The van der Waals surface area contributed by atoms with Crippen LogP contribution in [0.15, 0.2) is 18.2 Å². The van der Waals surface area contributed by atoms with Gasteiger partial charge in [0.1, 0.15) is 0 Å². The van der Waals surface area contributed by atoms with Gasteiger partial charge in [0, 0.05) is 0 Å². The summed E-state index contributed by atoms with van der Waals surface area (Å²) in [5.74, 6) is -0.305. The maximum absolute atomic E-state index is 13.8. The third-order valence-electron chi connectivity index (χ3n) is 4.73. The Labute approximate surface area is 121 Å². The van der Waals surface area contributed by atoms with Crippen molar-refractivity contribution in [3.8, 4) is 0 Å². The Hall–Kier alpha value is -0.920. The van der Waals surface area contributed by atoms with E-state index in [1.165, 1.54) is 51.0 Å². The lowest BCUT2D eigenvalue weighted by atomic mass is 9.77. The van der Waals surface area contributed by atoms with E-state index in [1.807, 2.05) is 0 Å². The van der Waals surface area contributed by atoms with Crippen molar-refractivity contribution >= 4 is 0 Å². The van der Waals surface area contributed by atoms with Gasteiger partial charge in [-0.2, -0.15) is 0 Å². The van der Waals surface area contributed by atoms with E-state index < -0.39 is 11.6 Å². The number of unbranched alkanes of at least 4 members (excludes halogenated alkanes) is 3. The van der Waals surface area contributed by atoms with Gasteiger partial charge < -0.3 is 0 Å². The molecule has 0 heterocycles. The first-order valence-electron chi connectivity index (χ1n) is 8.16. The summed E-state index contributed by atoms with van der Waals surface area (Å²) in [6, 6.07) is 4.59. The van der Waals surface area contributed by atoms with E-state index in [4.69, 9.17) is 0 Å². The van der Waals surface area contributed by atoms with Gasteiger partial charge in [0.15, 0.2) is 11.6 Å². The van der Waals surface area contributed by atoms with Crippen LogP contribution in [0.1, 0.15) is 76.2 Å². The highest BCUT2D eigenvalue weighted by molar-refractivity contribution is 5.23. The van der Waals surface area contributed by atoms with Crippen molar-refractivity contribution in [1.29, 1.82) is 0 Å². The summed E-state index contributed by atoms with van der Waals surface area (Å²) in [5, 5.41) is 0. The zero-order valence-electron chi connectivity index (χ0n) is 12.5. The van der Waals surface area contributed by atoms with Gasteiger partial charge >= 0.3 is 0 Å². The van der Waals surface area contributed by atoms with Crippen LogP contribution in [-0.2, 0) is 0 Å². The Morgan fingerprint density at radius 3 is 2.45 bits per heavy atom. The molecule has 0 amide bonds. The number of benzene rings is 1. The molecule has 0 saturated heterocycles. The summed E-state index contributed by atoms with van der Waals surface area (Å²) in [7, 11) is 0. The standard InChI is InChI=1S/C18H26F2/c1-2-3-4-5-7-14-10-12-15(13-11-14)16-8-6-9-17(19)18(16)20/h6,8-9,14-15H,2-5,7,10-13H2,1H3. The largest absolute Gasteiger partial charge is 0.204 e. The summed E-state index contributed by atoms with van der Waals surface area (Å²) in [6.45, 7) is 2.23. The molecule has 2 rings (SSSR count). The highest BCUT2D eigenvalue weighted by Gasteiger charge is 2.24. The average Bonchev–Trinajstić information content (AvgIpc) is 2.47. The van der Waals surface area contributed by atoms with E-state index in [9.17, 15) is 8.78 Å². The fourth-order valence-electron chi connectivity index (χ4n) is 3.46. The van der Waals surface area contributed by atoms with E-state index in [-0.39, 0.29) is 5.92 Å². The maximum atomic E-state index is 13.8. The lowest BCUT2D eigenvalue weighted by Crippen LogP contribution is -2.14. The summed E-state index contributed by atoms with van der Waals surface area (Å²) in [6.07, 6.45) is 11.0. The van der Waals surface area contributed by atoms with Crippen LogP contribution in [0.4, 0.5) is 8.78 Å². The summed E-state index contributed by atoms with van der Waals surface area (Å²) < 4.78 is 27.1. The first-order chi connectivity index (χ1) is 9.72. The number of hydrogen-bond acceptors (Lipinski definition) is 0. The molecule has 1 aliphatic rings. The Kier molecular flexibility index (Phi) is 6.00. The first-order valence-corrected chi connectivity index (χ1v) is 8.16. The highest BCUT2D eigenvalue weighted by Crippen LogP contribution is 2.38. The second kappa shape index (κ2) is 7.75. The monoisotopic (exact) mass is 280 g/mol. The minimum Gasteiger partial charge on any atom is -0.204 e. The van der Waals surface area contributed by atoms with Crippen LogP contribution in [0.25, 0.3) is 0 Å². The Morgan fingerprint density at radius 1 is 1.00 bits per heavy atom. The molecule has 0 bridgehead atoms. The zero-order chi connectivity index (χ0) is 14.4. The topological polar surface area (TPSA) is 0 Å². The van der Waals surface area contributed by atoms with Crippen molar-refractivity contribution in [2.24, 2.45) is 5.92 Å². The van der Waals surface area contributed by atoms with Crippen LogP contribution in [-0.4, -0.2) is 0 Å². The third kappa shape index (κ3) is 4.04. The van der Waals surface area contributed by atoms with E-state index in [2.05, 4.69) is 6.92 Å². The minimum atomic E-state index is -0.704. The summed E-state index contributed by atoms with van der Waals surface area (Å²) in [4.78, 5) is 0. The van der Waals surface area contributed by atoms with Gasteiger partial charge in [-0.15, -0.1) is 0 Å². The Bertz CT molecular complexity index is 406. The molecule has 0 aromatic heterocycles. The van der Waals surface area contributed by atoms with Gasteiger partial charge in [-0.25, -0.2) is 8.78 Å². The summed E-state index contributed by atoms with van der Waals surface area (Å²) >= 11 is 0. The van der Waals surface area contributed by atoms with E-state index in [0.29, 0.717) is 5.56 Å². The van der Waals surface area contributed by atoms with Gasteiger partial charge in [0.05, 0.1) is 0 Å². The molecule has 1 aromatic carbocycles. The Balaban J connectivity index is 1.80. The van der Waals surface area contributed by atoms with Crippen molar-refractivity contribution in [3.05, 3.63) is 35.4 Å². The minimum absolute atomic E-state index is 0.220. The van der Waals surface area contributed by atoms with Gasteiger partial charge in [0.2, 0.25) is 0 Å². The molecule has 112 valence electrons. The van der Waals surface area contributed by atoms with Gasteiger partial charge in [0.25, 0.3) is 0 Å². The molecule has 2 heteroatoms. The first kappa shape index (κ1) is 15.5. The number of hydrogen-bond donors (Lipinski definition) is 0. The smallest absolute Gasteiger partial charge is 0.162 e. The third-order valence-corrected chi connectivity index (χ3v) is 4.73. The molecule has 0 unspecified atom stereocenters. The zero-order valence-corrected chi connectivity index (χ0v) is 12.5. The average molecular weight is 280 g/mol. The van der Waals surface area contributed by atoms with Crippen molar-refractivity contribution in [2.75, 3.05) is 0 Å². The maximum Gasteiger partial charge on any atom is 0.162 e. The van der Waals surface area contributed by atoms with Gasteiger partial charge in [-0.05, 0) is 49.1 Å². The normalized spacial score (nSPS) is 22.9. The van der Waals surface area contributed by atoms with Crippen molar-refractivity contribution in [1.82, 2.24) is 0 Å². The molecule has 0 atom stereocenters. The van der Waals surface area contributed by atoms with Crippen LogP contribution >= 0.6 is 0 Å². The van der Waals surface area contributed by atoms with Crippen molar-refractivity contribution in [3.63, 3.8) is 0 Å². The van der Waals surface area contributed by atoms with E-state index >= 15 is 0 Å². The molecule has 0 N–H and O–H groups in total. The number of halogens is 2. The van der Waals surface area contributed by atoms with Crippen LogP contribution in [0.5, 0.6) is 0 Å². The lowest BCUT2D eigenvalue weighted by Gasteiger charge is -2.29. The van der Waals surface area contributed by atoms with Crippen LogP contribution in [0.3, 0.4) is 0 Å². The highest BCUT2D eigenvalue weighted by atomic mass is 19.2. The molecule has 1 saturated carbocycles. The molecular formula is C18H26F2. The SMILES string of the molecule is CCCCCCC1CCC(c2cccc(F)c2F)CC1. The van der Waals surface area contributed by atoms with Gasteiger partial charge in [-0.3, -0.25) is 0 Å². The second-order valence-corrected chi connectivity index (χ2v) is 6.21. The number of rotatable bonds is 6. The molecule has 0 spiro atoms. The van der Waals surface area contributed by atoms with Crippen LogP contribution in [0, 0.1) is 17.6 Å². The fraction of sp³-hybridized carbons (Fsp3) is 0.667. The summed E-state index contributed by atoms with van der Waals surface area (Å²) in [5.41, 5.74) is 0.592. The van der Waals surface area contributed by atoms with Crippen LogP contribution in [0.2, 0.25) is 0 Å². The van der Waals surface area contributed by atoms with E-state index in [0.717, 1.165) is 18.8 Å². The molecule has 0 aliphatic heterocycles. The molecule has 20 heavy (non-hydrogen) atoms. The van der Waals surface area contributed by atoms with Crippen LogP contribution < -0.4 is 0 Å². The molecule has 0 radical (unpaired) electrons. The second-order valence-electron chi connectivity index (χ2n) is 6.21. The predicted octanol–water partition coefficient (Wildman–Crippen LogP) is 6.21. The quantitative estimate of drug-likeness (QED) is 0.543. The fourth-order valence-corrected chi connectivity index (χ4v) is 3.46.